The van der Waals surface area contributed by atoms with Crippen molar-refractivity contribution in [2.75, 3.05) is 34.3 Å². The summed E-state index contributed by atoms with van der Waals surface area (Å²) in [6.07, 6.45) is 1.76. The van der Waals surface area contributed by atoms with E-state index in [0.717, 1.165) is 0 Å². The standard InChI is InChI=1S/C26H49N3O5/c1-14-29(23(31)21(27(11)12)26(9,10)33)20(25(6,7)8)22(30)28(13)19(17(3)4)16-18(5)24(32)34-15-2/h16-17,19-21,33H,14-15H2,1-13H3/t19-,20-,21-/m1/s1. The van der Waals surface area contributed by atoms with Gasteiger partial charge in [0.05, 0.1) is 18.2 Å². The monoisotopic (exact) mass is 483 g/mol. The van der Waals surface area contributed by atoms with Crippen LogP contribution >= 0.6 is 0 Å². The molecule has 0 rings (SSSR count). The first-order chi connectivity index (χ1) is 15.3. The van der Waals surface area contributed by atoms with Gasteiger partial charge >= 0.3 is 5.97 Å². The van der Waals surface area contributed by atoms with Crippen LogP contribution in [0, 0.1) is 11.3 Å². The lowest BCUT2D eigenvalue weighted by Crippen LogP contribution is -2.63. The highest BCUT2D eigenvalue weighted by Crippen LogP contribution is 2.30. The molecule has 0 heterocycles. The highest BCUT2D eigenvalue weighted by atomic mass is 16.5. The quantitative estimate of drug-likeness (QED) is 0.359. The fourth-order valence-corrected chi connectivity index (χ4v) is 4.41. The fourth-order valence-electron chi connectivity index (χ4n) is 4.41. The van der Waals surface area contributed by atoms with Crippen molar-refractivity contribution in [1.29, 1.82) is 0 Å². The summed E-state index contributed by atoms with van der Waals surface area (Å²) in [4.78, 5) is 44.7. The van der Waals surface area contributed by atoms with Crippen LogP contribution in [0.4, 0.5) is 0 Å². The maximum Gasteiger partial charge on any atom is 0.333 e. The van der Waals surface area contributed by atoms with Crippen LogP contribution in [-0.2, 0) is 19.1 Å². The van der Waals surface area contributed by atoms with Crippen LogP contribution in [0.25, 0.3) is 0 Å². The topological polar surface area (TPSA) is 90.4 Å². The number of aliphatic hydroxyl groups is 1. The second-order valence-corrected chi connectivity index (χ2v) is 11.2. The Morgan fingerprint density at radius 1 is 0.941 bits per heavy atom. The third kappa shape index (κ3) is 8.38. The van der Waals surface area contributed by atoms with Crippen LogP contribution in [0.1, 0.15) is 69.2 Å². The van der Waals surface area contributed by atoms with Gasteiger partial charge in [0.25, 0.3) is 0 Å². The van der Waals surface area contributed by atoms with E-state index in [1.165, 1.54) is 0 Å². The Morgan fingerprint density at radius 3 is 1.76 bits per heavy atom. The van der Waals surface area contributed by atoms with Crippen molar-refractivity contribution in [1.82, 2.24) is 14.7 Å². The van der Waals surface area contributed by atoms with Gasteiger partial charge in [0.2, 0.25) is 11.8 Å². The summed E-state index contributed by atoms with van der Waals surface area (Å²) in [7, 11) is 5.19. The van der Waals surface area contributed by atoms with E-state index in [9.17, 15) is 19.5 Å². The molecule has 0 aromatic heterocycles. The van der Waals surface area contributed by atoms with Gasteiger partial charge in [-0.15, -0.1) is 0 Å². The number of hydrogen-bond donors (Lipinski definition) is 1. The number of hydrogen-bond acceptors (Lipinski definition) is 6. The molecule has 0 aliphatic rings. The predicted octanol–water partition coefficient (Wildman–Crippen LogP) is 2.94. The van der Waals surface area contributed by atoms with E-state index in [0.29, 0.717) is 12.1 Å². The number of rotatable bonds is 11. The molecule has 0 unspecified atom stereocenters. The molecular weight excluding hydrogens is 434 g/mol. The van der Waals surface area contributed by atoms with Crippen molar-refractivity contribution in [2.45, 2.75) is 93.0 Å². The van der Waals surface area contributed by atoms with Gasteiger partial charge in [-0.25, -0.2) is 4.79 Å². The summed E-state index contributed by atoms with van der Waals surface area (Å²) in [6.45, 7) is 18.8. The molecule has 198 valence electrons. The minimum Gasteiger partial charge on any atom is -0.463 e. The number of esters is 1. The van der Waals surface area contributed by atoms with Crippen LogP contribution in [0.5, 0.6) is 0 Å². The number of carbonyl (C=O) groups is 3. The van der Waals surface area contributed by atoms with E-state index in [4.69, 9.17) is 4.74 Å². The average Bonchev–Trinajstić information content (AvgIpc) is 2.66. The number of nitrogens with zero attached hydrogens (tertiary/aromatic N) is 3. The van der Waals surface area contributed by atoms with E-state index in [-0.39, 0.29) is 30.4 Å². The number of amides is 2. The van der Waals surface area contributed by atoms with E-state index < -0.39 is 29.1 Å². The molecule has 8 nitrogen and oxygen atoms in total. The van der Waals surface area contributed by atoms with Crippen molar-refractivity contribution in [3.8, 4) is 0 Å². The highest BCUT2D eigenvalue weighted by Gasteiger charge is 2.46. The highest BCUT2D eigenvalue weighted by molar-refractivity contribution is 5.91. The molecule has 3 atom stereocenters. The number of likely N-dealkylation sites (N-methyl/N-ethyl adjacent to an activating group) is 3. The van der Waals surface area contributed by atoms with Gasteiger partial charge in [-0.05, 0) is 60.0 Å². The molecule has 0 bridgehead atoms. The van der Waals surface area contributed by atoms with Crippen LogP contribution in [0.3, 0.4) is 0 Å². The van der Waals surface area contributed by atoms with Crippen molar-refractivity contribution >= 4 is 17.8 Å². The van der Waals surface area contributed by atoms with Crippen molar-refractivity contribution in [3.63, 3.8) is 0 Å². The molecule has 0 saturated carbocycles. The molecule has 0 spiro atoms. The largest absolute Gasteiger partial charge is 0.463 e. The number of carbonyl (C=O) groups excluding carboxylic acids is 3. The van der Waals surface area contributed by atoms with Crippen LogP contribution in [0.2, 0.25) is 0 Å². The summed E-state index contributed by atoms with van der Waals surface area (Å²) >= 11 is 0. The average molecular weight is 484 g/mol. The summed E-state index contributed by atoms with van der Waals surface area (Å²) in [5, 5.41) is 10.7. The van der Waals surface area contributed by atoms with Crippen molar-refractivity contribution < 1.29 is 24.2 Å². The molecule has 2 amide bonds. The zero-order valence-corrected chi connectivity index (χ0v) is 23.7. The minimum atomic E-state index is -1.30. The summed E-state index contributed by atoms with van der Waals surface area (Å²) < 4.78 is 5.10. The molecule has 34 heavy (non-hydrogen) atoms. The second-order valence-electron chi connectivity index (χ2n) is 11.2. The van der Waals surface area contributed by atoms with Crippen molar-refractivity contribution in [2.24, 2.45) is 11.3 Å². The Kier molecular flexibility index (Phi) is 12.0. The van der Waals surface area contributed by atoms with Crippen LogP contribution in [0.15, 0.2) is 11.6 Å². The smallest absolute Gasteiger partial charge is 0.333 e. The van der Waals surface area contributed by atoms with E-state index in [1.54, 1.807) is 69.6 Å². The van der Waals surface area contributed by atoms with Gasteiger partial charge in [-0.2, -0.15) is 0 Å². The first-order valence-electron chi connectivity index (χ1n) is 12.1. The lowest BCUT2D eigenvalue weighted by atomic mass is 9.83. The Bertz CT molecular complexity index is 732. The normalized spacial score (nSPS) is 15.7. The molecule has 0 radical (unpaired) electrons. The Labute approximate surface area is 207 Å². The molecule has 0 fully saturated rings. The van der Waals surface area contributed by atoms with Gasteiger partial charge in [0, 0.05) is 19.2 Å². The zero-order valence-electron chi connectivity index (χ0n) is 23.7. The maximum atomic E-state index is 14.0. The molecule has 0 aromatic carbocycles. The predicted molar refractivity (Wildman–Crippen MR) is 136 cm³/mol. The van der Waals surface area contributed by atoms with Gasteiger partial charge in [0.1, 0.15) is 12.1 Å². The lowest BCUT2D eigenvalue weighted by Gasteiger charge is -2.45. The summed E-state index contributed by atoms with van der Waals surface area (Å²) in [5.74, 6) is -0.912. The molecule has 0 aromatic rings. The van der Waals surface area contributed by atoms with Crippen LogP contribution < -0.4 is 0 Å². The third-order valence-corrected chi connectivity index (χ3v) is 5.91. The molecule has 0 saturated heterocycles. The first-order valence-corrected chi connectivity index (χ1v) is 12.1. The van der Waals surface area contributed by atoms with Crippen molar-refractivity contribution in [3.05, 3.63) is 11.6 Å². The Hall–Kier alpha value is -1.93. The molecule has 0 aliphatic carbocycles. The van der Waals surface area contributed by atoms with Gasteiger partial charge in [-0.3, -0.25) is 14.5 Å². The van der Waals surface area contributed by atoms with Gasteiger partial charge in [0.15, 0.2) is 0 Å². The summed E-state index contributed by atoms with van der Waals surface area (Å²) in [6, 6.07) is -1.95. The molecular formula is C26H49N3O5. The minimum absolute atomic E-state index is 0.0237. The fraction of sp³-hybridized carbons (Fsp3) is 0.808. The maximum absolute atomic E-state index is 14.0. The molecule has 8 heteroatoms. The van der Waals surface area contributed by atoms with E-state index in [1.807, 2.05) is 41.5 Å². The zero-order chi connectivity index (χ0) is 27.2. The lowest BCUT2D eigenvalue weighted by molar-refractivity contribution is -0.158. The second kappa shape index (κ2) is 12.7. The number of ether oxygens (including phenoxy) is 1. The van der Waals surface area contributed by atoms with Gasteiger partial charge < -0.3 is 19.6 Å². The molecule has 1 N–H and O–H groups in total. The Morgan fingerprint density at radius 2 is 1.44 bits per heavy atom. The summed E-state index contributed by atoms with van der Waals surface area (Å²) in [5.41, 5.74) is -1.44. The van der Waals surface area contributed by atoms with Crippen LogP contribution in [-0.4, -0.2) is 95.6 Å². The van der Waals surface area contributed by atoms with Gasteiger partial charge in [-0.1, -0.05) is 40.7 Å². The molecule has 0 aliphatic heterocycles. The van der Waals surface area contributed by atoms with E-state index in [2.05, 4.69) is 0 Å². The van der Waals surface area contributed by atoms with E-state index >= 15 is 0 Å². The first kappa shape index (κ1) is 32.1. The Balaban J connectivity index is 6.43. The third-order valence-electron chi connectivity index (χ3n) is 5.91. The SMILES string of the molecule is CCOC(=O)C(C)=C[C@H](C(C)C)N(C)C(=O)[C@@H](N(CC)C(=O)[C@@H](N(C)C)C(C)(C)O)C(C)(C)C.